The van der Waals surface area contributed by atoms with Crippen molar-refractivity contribution in [1.29, 1.82) is 0 Å². The van der Waals surface area contributed by atoms with E-state index in [9.17, 15) is 0 Å². The van der Waals surface area contributed by atoms with Crippen molar-refractivity contribution in [1.82, 2.24) is 0 Å². The van der Waals surface area contributed by atoms with E-state index in [0.29, 0.717) is 5.92 Å². The molecule has 1 aliphatic carbocycles. The van der Waals surface area contributed by atoms with E-state index in [1.54, 1.807) is 4.90 Å². The smallest absolute Gasteiger partial charge is 0.123 e. The quantitative estimate of drug-likeness (QED) is 0.749. The van der Waals surface area contributed by atoms with Gasteiger partial charge in [0.15, 0.2) is 0 Å². The summed E-state index contributed by atoms with van der Waals surface area (Å²) in [6, 6.07) is 8.66. The molecular formula is C22H38N2O+2. The van der Waals surface area contributed by atoms with Crippen molar-refractivity contribution in [3.63, 3.8) is 0 Å². The van der Waals surface area contributed by atoms with Crippen molar-refractivity contribution in [3.05, 3.63) is 29.8 Å². The first-order valence-corrected chi connectivity index (χ1v) is 10.3. The van der Waals surface area contributed by atoms with Gasteiger partial charge in [0.05, 0.1) is 33.7 Å². The zero-order valence-electron chi connectivity index (χ0n) is 16.8. The standard InChI is InChI=1S/C22H36N2O/c1-16-14-22(3)20(13-18-9-6-7-10-21(18)25-22)17(2)19(16)15-23-11-8-12-24(4)5/h6-7,9-10,16-17,19-20,23H,8,11-15H2,1-5H3/p+2/t16-,17-,19-,20-,22+/m1/s1. The van der Waals surface area contributed by atoms with E-state index < -0.39 is 0 Å². The Morgan fingerprint density at radius 3 is 2.76 bits per heavy atom. The molecule has 1 aromatic carbocycles. The fourth-order valence-electron chi connectivity index (χ4n) is 5.45. The van der Waals surface area contributed by atoms with Crippen LogP contribution in [-0.2, 0) is 6.42 Å². The third-order valence-corrected chi connectivity index (χ3v) is 6.83. The molecule has 3 heteroatoms. The summed E-state index contributed by atoms with van der Waals surface area (Å²) >= 11 is 0. The molecule has 0 amide bonds. The lowest BCUT2D eigenvalue weighted by Gasteiger charge is -2.53. The Morgan fingerprint density at radius 2 is 2.00 bits per heavy atom. The second-order valence-electron chi connectivity index (χ2n) is 9.16. The van der Waals surface area contributed by atoms with Crippen LogP contribution >= 0.6 is 0 Å². The Morgan fingerprint density at radius 1 is 1.24 bits per heavy atom. The molecule has 2 aliphatic rings. The van der Waals surface area contributed by atoms with Gasteiger partial charge in [-0.3, -0.25) is 0 Å². The molecular weight excluding hydrogens is 308 g/mol. The highest BCUT2D eigenvalue weighted by Crippen LogP contribution is 2.50. The zero-order chi connectivity index (χ0) is 18.0. The van der Waals surface area contributed by atoms with Crippen LogP contribution < -0.4 is 15.0 Å². The summed E-state index contributed by atoms with van der Waals surface area (Å²) in [6.07, 6.45) is 3.69. The summed E-state index contributed by atoms with van der Waals surface area (Å²) in [5, 5.41) is 2.57. The van der Waals surface area contributed by atoms with Crippen LogP contribution in [0.5, 0.6) is 5.75 Å². The van der Waals surface area contributed by atoms with Crippen molar-refractivity contribution in [2.24, 2.45) is 23.7 Å². The predicted octanol–water partition coefficient (Wildman–Crippen LogP) is 1.39. The molecule has 3 rings (SSSR count). The second kappa shape index (κ2) is 7.67. The highest BCUT2D eigenvalue weighted by molar-refractivity contribution is 5.37. The molecule has 140 valence electrons. The molecule has 0 unspecified atom stereocenters. The summed E-state index contributed by atoms with van der Waals surface area (Å²) in [5.41, 5.74) is 1.42. The number of quaternary nitrogens is 2. The van der Waals surface area contributed by atoms with Crippen molar-refractivity contribution in [2.45, 2.75) is 45.6 Å². The molecule has 5 atom stereocenters. The van der Waals surface area contributed by atoms with Crippen LogP contribution in [0.4, 0.5) is 0 Å². The van der Waals surface area contributed by atoms with E-state index in [1.807, 2.05) is 0 Å². The maximum atomic E-state index is 6.57. The minimum Gasteiger partial charge on any atom is -0.487 e. The molecule has 1 aromatic rings. The van der Waals surface area contributed by atoms with Gasteiger partial charge in [0.2, 0.25) is 0 Å². The first kappa shape index (κ1) is 18.7. The molecule has 1 fully saturated rings. The van der Waals surface area contributed by atoms with Crippen LogP contribution in [-0.4, -0.2) is 39.3 Å². The van der Waals surface area contributed by atoms with Gasteiger partial charge in [-0.25, -0.2) is 0 Å². The van der Waals surface area contributed by atoms with Gasteiger partial charge in [-0.1, -0.05) is 32.0 Å². The average Bonchev–Trinajstić information content (AvgIpc) is 2.55. The molecule has 3 nitrogen and oxygen atoms in total. The molecule has 0 radical (unpaired) electrons. The number of nitrogens with one attached hydrogen (secondary N) is 1. The van der Waals surface area contributed by atoms with Crippen LogP contribution in [0.3, 0.4) is 0 Å². The fraction of sp³-hybridized carbons (Fsp3) is 0.727. The van der Waals surface area contributed by atoms with Crippen LogP contribution in [0.2, 0.25) is 0 Å². The van der Waals surface area contributed by atoms with Gasteiger partial charge in [0.1, 0.15) is 11.4 Å². The van der Waals surface area contributed by atoms with Crippen molar-refractivity contribution >= 4 is 0 Å². The molecule has 1 heterocycles. The summed E-state index contributed by atoms with van der Waals surface area (Å²) < 4.78 is 6.57. The highest BCUT2D eigenvalue weighted by atomic mass is 16.5. The summed E-state index contributed by atoms with van der Waals surface area (Å²) in [5.74, 6) is 4.02. The molecule has 0 saturated heterocycles. The first-order valence-electron chi connectivity index (χ1n) is 10.3. The summed E-state index contributed by atoms with van der Waals surface area (Å²) in [6.45, 7) is 11.1. The van der Waals surface area contributed by atoms with Crippen LogP contribution in [0.15, 0.2) is 24.3 Å². The van der Waals surface area contributed by atoms with Crippen molar-refractivity contribution < 1.29 is 15.0 Å². The van der Waals surface area contributed by atoms with E-state index in [-0.39, 0.29) is 5.60 Å². The minimum absolute atomic E-state index is 0.0119. The summed E-state index contributed by atoms with van der Waals surface area (Å²) in [7, 11) is 4.49. The van der Waals surface area contributed by atoms with Crippen LogP contribution in [0, 0.1) is 23.7 Å². The van der Waals surface area contributed by atoms with Gasteiger partial charge < -0.3 is 15.0 Å². The van der Waals surface area contributed by atoms with Crippen LogP contribution in [0.1, 0.15) is 39.2 Å². The SMILES string of the molecule is C[C@@H]1[C@H](C[NH2+]CCC[NH+](C)C)[C@H](C)C[C@]2(C)Oc3ccccc3C[C@H]12. The maximum Gasteiger partial charge on any atom is 0.123 e. The number of hydrogen-bond acceptors (Lipinski definition) is 1. The van der Waals surface area contributed by atoms with E-state index in [4.69, 9.17) is 4.74 Å². The Labute approximate surface area is 154 Å². The van der Waals surface area contributed by atoms with Gasteiger partial charge in [0, 0.05) is 18.3 Å². The van der Waals surface area contributed by atoms with Crippen molar-refractivity contribution in [2.75, 3.05) is 33.7 Å². The number of fused-ring (bicyclic) bond motifs is 2. The topological polar surface area (TPSA) is 30.3 Å². The number of rotatable bonds is 6. The first-order chi connectivity index (χ1) is 11.9. The Bertz CT molecular complexity index is 573. The molecule has 1 aliphatic heterocycles. The van der Waals surface area contributed by atoms with Gasteiger partial charge in [-0.15, -0.1) is 0 Å². The predicted molar refractivity (Wildman–Crippen MR) is 103 cm³/mol. The van der Waals surface area contributed by atoms with E-state index in [2.05, 4.69) is 64.4 Å². The molecule has 25 heavy (non-hydrogen) atoms. The van der Waals surface area contributed by atoms with Gasteiger partial charge >= 0.3 is 0 Å². The number of hydrogen-bond donors (Lipinski definition) is 2. The molecule has 0 aromatic heterocycles. The number of ether oxygens (including phenoxy) is 1. The Balaban J connectivity index is 1.64. The number of nitrogens with two attached hydrogens (primary N) is 1. The number of para-hydroxylation sites is 1. The van der Waals surface area contributed by atoms with Gasteiger partial charge in [-0.05, 0) is 43.2 Å². The monoisotopic (exact) mass is 346 g/mol. The third-order valence-electron chi connectivity index (χ3n) is 6.83. The van der Waals surface area contributed by atoms with Crippen molar-refractivity contribution in [3.8, 4) is 5.75 Å². The Hall–Kier alpha value is -1.06. The lowest BCUT2D eigenvalue weighted by molar-refractivity contribution is -0.860. The molecule has 0 spiro atoms. The average molecular weight is 347 g/mol. The van der Waals surface area contributed by atoms with Crippen LogP contribution in [0.25, 0.3) is 0 Å². The third kappa shape index (κ3) is 4.03. The van der Waals surface area contributed by atoms with Gasteiger partial charge in [0.25, 0.3) is 0 Å². The zero-order valence-corrected chi connectivity index (χ0v) is 16.8. The normalized spacial score (nSPS) is 34.3. The Kier molecular flexibility index (Phi) is 5.75. The lowest BCUT2D eigenvalue weighted by atomic mass is 9.59. The molecule has 0 bridgehead atoms. The lowest BCUT2D eigenvalue weighted by Crippen LogP contribution is -3.06. The largest absolute Gasteiger partial charge is 0.487 e. The van der Waals surface area contributed by atoms with E-state index in [0.717, 1.165) is 23.5 Å². The van der Waals surface area contributed by atoms with E-state index >= 15 is 0 Å². The van der Waals surface area contributed by atoms with Gasteiger partial charge in [-0.2, -0.15) is 0 Å². The minimum atomic E-state index is 0.0119. The maximum absolute atomic E-state index is 6.57. The van der Waals surface area contributed by atoms with E-state index in [1.165, 1.54) is 44.5 Å². The molecule has 3 N–H and O–H groups in total. The second-order valence-corrected chi connectivity index (χ2v) is 9.16. The summed E-state index contributed by atoms with van der Waals surface area (Å²) in [4.78, 5) is 1.56. The highest BCUT2D eigenvalue weighted by Gasteiger charge is 2.51. The fourth-order valence-corrected chi connectivity index (χ4v) is 5.45. The molecule has 1 saturated carbocycles. The number of benzene rings is 1.